The molecule has 3 unspecified atom stereocenters. The van der Waals surface area contributed by atoms with Crippen LogP contribution in [0, 0.1) is 0 Å². The summed E-state index contributed by atoms with van der Waals surface area (Å²) >= 11 is 0. The summed E-state index contributed by atoms with van der Waals surface area (Å²) in [5.74, 6) is 0. The smallest absolute Gasteiger partial charge is 0.0223 e. The van der Waals surface area contributed by atoms with E-state index in [1.165, 1.54) is 51.7 Å². The molecule has 2 aliphatic rings. The van der Waals surface area contributed by atoms with Crippen molar-refractivity contribution in [3.8, 4) is 0 Å². The van der Waals surface area contributed by atoms with Crippen molar-refractivity contribution >= 4 is 0 Å². The van der Waals surface area contributed by atoms with Crippen LogP contribution in [0.25, 0.3) is 0 Å². The molecule has 3 atom stereocenters. The number of nitrogens with zero attached hydrogens (tertiary/aromatic N) is 2. The van der Waals surface area contributed by atoms with Crippen molar-refractivity contribution in [2.75, 3.05) is 26.7 Å². The molecule has 94 valence electrons. The Kier molecular flexibility index (Phi) is 4.22. The van der Waals surface area contributed by atoms with Crippen LogP contribution in [-0.4, -0.2) is 54.6 Å². The first-order chi connectivity index (χ1) is 7.70. The fourth-order valence-corrected chi connectivity index (χ4v) is 3.40. The first-order valence-corrected chi connectivity index (χ1v) is 6.90. The molecule has 1 heterocycles. The minimum atomic E-state index is 0.462. The van der Waals surface area contributed by atoms with Gasteiger partial charge in [-0.2, -0.15) is 0 Å². The molecular weight excluding hydrogens is 198 g/mol. The molecule has 3 heteroatoms. The van der Waals surface area contributed by atoms with Gasteiger partial charge in [0.25, 0.3) is 0 Å². The predicted octanol–water partition coefficient (Wildman–Crippen LogP) is 1.28. The minimum Gasteiger partial charge on any atom is -0.328 e. The SMILES string of the molecule is CCC1CN(C)CCCN1C1CCC(N)C1. The maximum Gasteiger partial charge on any atom is 0.0223 e. The molecule has 0 radical (unpaired) electrons. The van der Waals surface area contributed by atoms with E-state index >= 15 is 0 Å². The average molecular weight is 225 g/mol. The fourth-order valence-electron chi connectivity index (χ4n) is 3.40. The number of nitrogens with two attached hydrogens (primary N) is 1. The van der Waals surface area contributed by atoms with Gasteiger partial charge in [0.05, 0.1) is 0 Å². The van der Waals surface area contributed by atoms with Crippen LogP contribution in [0.2, 0.25) is 0 Å². The third-order valence-electron chi connectivity index (χ3n) is 4.33. The molecule has 1 aliphatic carbocycles. The van der Waals surface area contributed by atoms with Crippen molar-refractivity contribution in [3.05, 3.63) is 0 Å². The average Bonchev–Trinajstić information content (AvgIpc) is 2.58. The Morgan fingerprint density at radius 1 is 1.25 bits per heavy atom. The molecule has 1 saturated heterocycles. The summed E-state index contributed by atoms with van der Waals surface area (Å²) < 4.78 is 0. The monoisotopic (exact) mass is 225 g/mol. The Hall–Kier alpha value is -0.120. The number of hydrogen-bond acceptors (Lipinski definition) is 3. The summed E-state index contributed by atoms with van der Waals surface area (Å²) in [6, 6.07) is 1.98. The summed E-state index contributed by atoms with van der Waals surface area (Å²) in [5, 5.41) is 0. The van der Waals surface area contributed by atoms with Gasteiger partial charge in [-0.15, -0.1) is 0 Å². The lowest BCUT2D eigenvalue weighted by Crippen LogP contribution is -2.45. The summed E-state index contributed by atoms with van der Waals surface area (Å²) in [4.78, 5) is 5.25. The van der Waals surface area contributed by atoms with Crippen molar-refractivity contribution in [3.63, 3.8) is 0 Å². The fraction of sp³-hybridized carbons (Fsp3) is 1.00. The van der Waals surface area contributed by atoms with E-state index < -0.39 is 0 Å². The molecular formula is C13H27N3. The van der Waals surface area contributed by atoms with E-state index in [4.69, 9.17) is 5.73 Å². The minimum absolute atomic E-state index is 0.462. The van der Waals surface area contributed by atoms with Crippen molar-refractivity contribution in [1.29, 1.82) is 0 Å². The Morgan fingerprint density at radius 2 is 2.06 bits per heavy atom. The second kappa shape index (κ2) is 5.48. The number of rotatable bonds is 2. The van der Waals surface area contributed by atoms with E-state index in [1.54, 1.807) is 0 Å². The van der Waals surface area contributed by atoms with Gasteiger partial charge in [0.2, 0.25) is 0 Å². The lowest BCUT2D eigenvalue weighted by atomic mass is 10.1. The van der Waals surface area contributed by atoms with Crippen molar-refractivity contribution in [2.24, 2.45) is 5.73 Å². The summed E-state index contributed by atoms with van der Waals surface area (Å²) in [5.41, 5.74) is 6.05. The molecule has 16 heavy (non-hydrogen) atoms. The molecule has 1 saturated carbocycles. The van der Waals surface area contributed by atoms with E-state index in [9.17, 15) is 0 Å². The zero-order chi connectivity index (χ0) is 11.5. The van der Waals surface area contributed by atoms with E-state index in [0.717, 1.165) is 12.1 Å². The van der Waals surface area contributed by atoms with E-state index in [0.29, 0.717) is 6.04 Å². The molecule has 0 amide bonds. The second-order valence-corrected chi connectivity index (χ2v) is 5.64. The highest BCUT2D eigenvalue weighted by molar-refractivity contribution is 4.89. The van der Waals surface area contributed by atoms with Crippen molar-refractivity contribution < 1.29 is 0 Å². The molecule has 2 fully saturated rings. The molecule has 0 aromatic carbocycles. The zero-order valence-corrected chi connectivity index (χ0v) is 10.9. The third-order valence-corrected chi connectivity index (χ3v) is 4.33. The van der Waals surface area contributed by atoms with Gasteiger partial charge in [-0.3, -0.25) is 4.90 Å². The van der Waals surface area contributed by atoms with Crippen molar-refractivity contribution in [2.45, 2.75) is 57.2 Å². The van der Waals surface area contributed by atoms with E-state index in [2.05, 4.69) is 23.8 Å². The molecule has 2 rings (SSSR count). The van der Waals surface area contributed by atoms with Crippen LogP contribution in [0.4, 0.5) is 0 Å². The van der Waals surface area contributed by atoms with Crippen LogP contribution in [0.1, 0.15) is 39.0 Å². The highest BCUT2D eigenvalue weighted by Gasteiger charge is 2.32. The first kappa shape index (κ1) is 12.3. The standard InChI is InChI=1S/C13H27N3/c1-3-12-10-15(2)7-4-8-16(12)13-6-5-11(14)9-13/h11-13H,3-10,14H2,1-2H3. The highest BCUT2D eigenvalue weighted by atomic mass is 15.3. The lowest BCUT2D eigenvalue weighted by molar-refractivity contribution is 0.129. The van der Waals surface area contributed by atoms with Gasteiger partial charge in [0, 0.05) is 24.7 Å². The largest absolute Gasteiger partial charge is 0.328 e. The van der Waals surface area contributed by atoms with Gasteiger partial charge in [-0.1, -0.05) is 6.92 Å². The van der Waals surface area contributed by atoms with Crippen LogP contribution in [-0.2, 0) is 0 Å². The maximum absolute atomic E-state index is 6.05. The van der Waals surface area contributed by atoms with Gasteiger partial charge in [-0.05, 0) is 52.2 Å². The quantitative estimate of drug-likeness (QED) is 0.768. The normalized spacial score (nSPS) is 38.8. The van der Waals surface area contributed by atoms with Crippen LogP contribution in [0.15, 0.2) is 0 Å². The summed E-state index contributed by atoms with van der Waals surface area (Å²) in [6.45, 7) is 6.10. The van der Waals surface area contributed by atoms with Gasteiger partial charge >= 0.3 is 0 Å². The van der Waals surface area contributed by atoms with E-state index in [-0.39, 0.29) is 0 Å². The van der Waals surface area contributed by atoms with Gasteiger partial charge in [0.1, 0.15) is 0 Å². The summed E-state index contributed by atoms with van der Waals surface area (Å²) in [6.07, 6.45) is 6.36. The predicted molar refractivity (Wildman–Crippen MR) is 68.5 cm³/mol. The molecule has 3 nitrogen and oxygen atoms in total. The second-order valence-electron chi connectivity index (χ2n) is 5.64. The van der Waals surface area contributed by atoms with Gasteiger partial charge < -0.3 is 10.6 Å². The van der Waals surface area contributed by atoms with Gasteiger partial charge in [0.15, 0.2) is 0 Å². The lowest BCUT2D eigenvalue weighted by Gasteiger charge is -2.35. The number of likely N-dealkylation sites (N-methyl/N-ethyl adjacent to an activating group) is 1. The topological polar surface area (TPSA) is 32.5 Å². The Labute approximate surface area is 100.0 Å². The Bertz CT molecular complexity index is 219. The molecule has 1 aliphatic heterocycles. The van der Waals surface area contributed by atoms with Crippen LogP contribution in [0.3, 0.4) is 0 Å². The van der Waals surface area contributed by atoms with Crippen LogP contribution >= 0.6 is 0 Å². The maximum atomic E-state index is 6.05. The highest BCUT2D eigenvalue weighted by Crippen LogP contribution is 2.27. The molecule has 0 aromatic rings. The van der Waals surface area contributed by atoms with Crippen LogP contribution in [0.5, 0.6) is 0 Å². The third kappa shape index (κ3) is 2.76. The van der Waals surface area contributed by atoms with Gasteiger partial charge in [-0.25, -0.2) is 0 Å². The Balaban J connectivity index is 1.99. The van der Waals surface area contributed by atoms with E-state index in [1.807, 2.05) is 0 Å². The van der Waals surface area contributed by atoms with Crippen molar-refractivity contribution in [1.82, 2.24) is 9.80 Å². The summed E-state index contributed by atoms with van der Waals surface area (Å²) in [7, 11) is 2.26. The Morgan fingerprint density at radius 3 is 2.69 bits per heavy atom. The zero-order valence-electron chi connectivity index (χ0n) is 10.9. The first-order valence-electron chi connectivity index (χ1n) is 6.90. The molecule has 0 spiro atoms. The molecule has 0 aromatic heterocycles. The molecule has 0 bridgehead atoms. The van der Waals surface area contributed by atoms with Crippen LogP contribution < -0.4 is 5.73 Å². The number of hydrogen-bond donors (Lipinski definition) is 1. The molecule has 2 N–H and O–H groups in total.